The van der Waals surface area contributed by atoms with Gasteiger partial charge in [0.05, 0.1) is 7.11 Å². The smallest absolute Gasteiger partial charge is 0.411 e. The lowest BCUT2D eigenvalue weighted by atomic mass is 10.2. The first-order chi connectivity index (χ1) is 10.1. The summed E-state index contributed by atoms with van der Waals surface area (Å²) in [5.41, 5.74) is 1.11. The van der Waals surface area contributed by atoms with Crippen LogP contribution < -0.4 is 10.6 Å². The Morgan fingerprint density at radius 2 is 1.81 bits per heavy atom. The topological polar surface area (TPSA) is 93.2 Å². The van der Waals surface area contributed by atoms with Crippen LogP contribution in [0.25, 0.3) is 0 Å². The van der Waals surface area contributed by atoms with Gasteiger partial charge < -0.3 is 10.1 Å². The zero-order valence-electron chi connectivity index (χ0n) is 11.0. The minimum absolute atomic E-state index is 0.130. The van der Waals surface area contributed by atoms with Gasteiger partial charge in [0, 0.05) is 11.4 Å². The van der Waals surface area contributed by atoms with Crippen molar-refractivity contribution in [1.82, 2.24) is 10.2 Å². The maximum Gasteiger partial charge on any atom is 0.411 e. The number of carbonyl (C=O) groups excluding carboxylic acids is 2. The van der Waals surface area contributed by atoms with Gasteiger partial charge in [-0.2, -0.15) is 0 Å². The van der Waals surface area contributed by atoms with Crippen molar-refractivity contribution in [3.63, 3.8) is 0 Å². The van der Waals surface area contributed by atoms with E-state index in [0.717, 1.165) is 0 Å². The third-order valence-electron chi connectivity index (χ3n) is 2.42. The molecule has 108 valence electrons. The maximum atomic E-state index is 11.9. The van der Waals surface area contributed by atoms with Gasteiger partial charge in [-0.25, -0.2) is 4.79 Å². The minimum atomic E-state index is -0.595. The van der Waals surface area contributed by atoms with Gasteiger partial charge in [-0.1, -0.05) is 17.7 Å². The number of halogens is 1. The van der Waals surface area contributed by atoms with Crippen LogP contribution in [0.5, 0.6) is 0 Å². The highest BCUT2D eigenvalue weighted by molar-refractivity contribution is 6.29. The normalized spacial score (nSPS) is 9.81. The Balaban J connectivity index is 2.08. The second-order valence-electron chi connectivity index (χ2n) is 3.89. The highest BCUT2D eigenvalue weighted by Crippen LogP contribution is 2.16. The van der Waals surface area contributed by atoms with E-state index in [1.807, 2.05) is 0 Å². The number of nitrogens with one attached hydrogen (secondary N) is 2. The van der Waals surface area contributed by atoms with Crippen molar-refractivity contribution in [2.24, 2.45) is 0 Å². The van der Waals surface area contributed by atoms with E-state index in [2.05, 4.69) is 25.6 Å². The highest BCUT2D eigenvalue weighted by Gasteiger charge is 2.09. The minimum Gasteiger partial charge on any atom is -0.453 e. The fraction of sp³-hybridized carbons (Fsp3) is 0.0769. The highest BCUT2D eigenvalue weighted by atomic mass is 35.5. The molecule has 1 heterocycles. The fourth-order valence-electron chi connectivity index (χ4n) is 1.48. The Bertz CT molecular complexity index is 661. The van der Waals surface area contributed by atoms with Gasteiger partial charge in [0.2, 0.25) is 0 Å². The molecule has 0 fully saturated rings. The molecule has 8 heteroatoms. The van der Waals surface area contributed by atoms with Gasteiger partial charge in [-0.3, -0.25) is 10.1 Å². The maximum absolute atomic E-state index is 11.9. The van der Waals surface area contributed by atoms with E-state index in [4.69, 9.17) is 11.6 Å². The summed E-state index contributed by atoms with van der Waals surface area (Å²) in [7, 11) is 1.26. The number of anilines is 2. The van der Waals surface area contributed by atoms with Gasteiger partial charge in [-0.05, 0) is 30.3 Å². The van der Waals surface area contributed by atoms with Crippen LogP contribution in [-0.4, -0.2) is 29.3 Å². The molecule has 0 unspecified atom stereocenters. The Kier molecular flexibility index (Phi) is 4.68. The molecule has 0 saturated heterocycles. The molecule has 0 aliphatic carbocycles. The molecule has 2 N–H and O–H groups in total. The van der Waals surface area contributed by atoms with E-state index in [0.29, 0.717) is 11.4 Å². The second kappa shape index (κ2) is 6.67. The number of hydrogen-bond acceptors (Lipinski definition) is 5. The van der Waals surface area contributed by atoms with Crippen LogP contribution >= 0.6 is 11.6 Å². The number of benzene rings is 1. The number of amides is 2. The summed E-state index contributed by atoms with van der Waals surface area (Å²) in [6.07, 6.45) is -0.595. The SMILES string of the molecule is COC(=O)Nc1cccc(NC(=O)c2ccc(Cl)nn2)c1. The largest absolute Gasteiger partial charge is 0.453 e. The van der Waals surface area contributed by atoms with Crippen LogP contribution in [0.15, 0.2) is 36.4 Å². The molecular weight excluding hydrogens is 296 g/mol. The molecule has 0 radical (unpaired) electrons. The number of aromatic nitrogens is 2. The Morgan fingerprint density at radius 1 is 1.10 bits per heavy atom. The van der Waals surface area contributed by atoms with Crippen LogP contribution in [0, 0.1) is 0 Å². The average Bonchev–Trinajstić information content (AvgIpc) is 2.48. The number of hydrogen-bond donors (Lipinski definition) is 2. The van der Waals surface area contributed by atoms with Gasteiger partial charge >= 0.3 is 6.09 Å². The van der Waals surface area contributed by atoms with Gasteiger partial charge in [-0.15, -0.1) is 10.2 Å². The molecule has 2 amide bonds. The summed E-state index contributed by atoms with van der Waals surface area (Å²) in [4.78, 5) is 23.1. The summed E-state index contributed by atoms with van der Waals surface area (Å²) in [6, 6.07) is 9.52. The van der Waals surface area contributed by atoms with Gasteiger partial charge in [0.15, 0.2) is 10.8 Å². The zero-order valence-corrected chi connectivity index (χ0v) is 11.7. The first kappa shape index (κ1) is 14.7. The Morgan fingerprint density at radius 3 is 2.43 bits per heavy atom. The lowest BCUT2D eigenvalue weighted by Crippen LogP contribution is -2.15. The van der Waals surface area contributed by atoms with E-state index in [1.54, 1.807) is 24.3 Å². The Hall–Kier alpha value is -2.67. The van der Waals surface area contributed by atoms with Crippen LogP contribution in [0.2, 0.25) is 5.15 Å². The second-order valence-corrected chi connectivity index (χ2v) is 4.28. The van der Waals surface area contributed by atoms with Crippen molar-refractivity contribution in [2.45, 2.75) is 0 Å². The standard InChI is InChI=1S/C13H11ClN4O3/c1-21-13(20)16-9-4-2-3-8(7-9)15-12(19)10-5-6-11(14)18-17-10/h2-7H,1H3,(H,15,19)(H,16,20). The average molecular weight is 307 g/mol. The molecule has 7 nitrogen and oxygen atoms in total. The van der Waals surface area contributed by atoms with Crippen LogP contribution in [-0.2, 0) is 4.74 Å². The molecular formula is C13H11ClN4O3. The molecule has 1 aromatic heterocycles. The monoisotopic (exact) mass is 306 g/mol. The van der Waals surface area contributed by atoms with Crippen LogP contribution in [0.4, 0.5) is 16.2 Å². The molecule has 21 heavy (non-hydrogen) atoms. The number of carbonyl (C=O) groups is 2. The van der Waals surface area contributed by atoms with Crippen molar-refractivity contribution in [2.75, 3.05) is 17.7 Å². The lowest BCUT2D eigenvalue weighted by molar-refractivity contribution is 0.102. The fourth-order valence-corrected chi connectivity index (χ4v) is 1.58. The summed E-state index contributed by atoms with van der Waals surface area (Å²) < 4.78 is 4.49. The molecule has 0 spiro atoms. The van der Waals surface area contributed by atoms with E-state index in [9.17, 15) is 9.59 Å². The number of ether oxygens (including phenoxy) is 1. The molecule has 2 aromatic rings. The van der Waals surface area contributed by atoms with E-state index < -0.39 is 12.0 Å². The quantitative estimate of drug-likeness (QED) is 0.909. The molecule has 0 bridgehead atoms. The van der Waals surface area contributed by atoms with Crippen LogP contribution in [0.1, 0.15) is 10.5 Å². The first-order valence-electron chi connectivity index (χ1n) is 5.84. The third-order valence-corrected chi connectivity index (χ3v) is 2.62. The van der Waals surface area contributed by atoms with Crippen molar-refractivity contribution in [1.29, 1.82) is 0 Å². The summed E-state index contributed by atoms with van der Waals surface area (Å²) in [6.45, 7) is 0. The van der Waals surface area contributed by atoms with Crippen molar-refractivity contribution < 1.29 is 14.3 Å². The van der Waals surface area contributed by atoms with Gasteiger partial charge in [0.25, 0.3) is 5.91 Å². The van der Waals surface area contributed by atoms with E-state index in [1.165, 1.54) is 19.2 Å². The Labute approximate surface area is 125 Å². The van der Waals surface area contributed by atoms with Crippen LogP contribution in [0.3, 0.4) is 0 Å². The summed E-state index contributed by atoms with van der Waals surface area (Å²) in [5.74, 6) is -0.436. The molecule has 1 aromatic carbocycles. The molecule has 0 aliphatic rings. The number of nitrogens with zero attached hydrogens (tertiary/aromatic N) is 2. The van der Waals surface area contributed by atoms with Crippen molar-refractivity contribution in [3.05, 3.63) is 47.2 Å². The summed E-state index contributed by atoms with van der Waals surface area (Å²) in [5, 5.41) is 12.6. The first-order valence-corrected chi connectivity index (χ1v) is 6.22. The van der Waals surface area contributed by atoms with Crippen molar-refractivity contribution in [3.8, 4) is 0 Å². The lowest BCUT2D eigenvalue weighted by Gasteiger charge is -2.07. The predicted octanol–water partition coefficient (Wildman–Crippen LogP) is 2.56. The third kappa shape index (κ3) is 4.15. The van der Waals surface area contributed by atoms with E-state index in [-0.39, 0.29) is 10.8 Å². The zero-order chi connectivity index (χ0) is 15.2. The van der Waals surface area contributed by atoms with Gasteiger partial charge in [0.1, 0.15) is 0 Å². The molecule has 2 rings (SSSR count). The predicted molar refractivity (Wildman–Crippen MR) is 77.5 cm³/mol. The van der Waals surface area contributed by atoms with Crippen molar-refractivity contribution >= 4 is 35.0 Å². The number of rotatable bonds is 3. The number of methoxy groups -OCH3 is 1. The molecule has 0 aliphatic heterocycles. The molecule has 0 atom stereocenters. The van der Waals surface area contributed by atoms with E-state index >= 15 is 0 Å². The molecule has 0 saturated carbocycles. The summed E-state index contributed by atoms with van der Waals surface area (Å²) >= 11 is 5.60.